The number of halogens is 4. The lowest BCUT2D eigenvalue weighted by Gasteiger charge is -2.08. The van der Waals surface area contributed by atoms with Crippen LogP contribution in [0, 0.1) is 23.3 Å². The Morgan fingerprint density at radius 2 is 1.68 bits per heavy atom. The first-order chi connectivity index (χ1) is 9.01. The fourth-order valence-electron chi connectivity index (χ4n) is 1.35. The van der Waals surface area contributed by atoms with Gasteiger partial charge in [0.25, 0.3) is 5.88 Å². The van der Waals surface area contributed by atoms with Crippen molar-refractivity contribution < 1.29 is 22.3 Å². The van der Waals surface area contributed by atoms with Crippen molar-refractivity contribution in [3.63, 3.8) is 0 Å². The molecule has 0 amide bonds. The van der Waals surface area contributed by atoms with Crippen molar-refractivity contribution in [1.29, 1.82) is 0 Å². The minimum atomic E-state index is -1.14. The number of benzene rings is 1. The van der Waals surface area contributed by atoms with E-state index < -0.39 is 29.1 Å². The number of nitrogens with zero attached hydrogens (tertiary/aromatic N) is 1. The molecule has 1 aromatic carbocycles. The second-order valence-corrected chi connectivity index (χ2v) is 3.53. The Morgan fingerprint density at radius 1 is 0.947 bits per heavy atom. The molecule has 0 aliphatic heterocycles. The van der Waals surface area contributed by atoms with Gasteiger partial charge in [-0.1, -0.05) is 0 Å². The van der Waals surface area contributed by atoms with E-state index in [1.807, 2.05) is 0 Å². The quantitative estimate of drug-likeness (QED) is 0.869. The minimum absolute atomic E-state index is 0.154. The van der Waals surface area contributed by atoms with E-state index in [2.05, 4.69) is 10.3 Å². The number of hydrogen-bond acceptors (Lipinski definition) is 3. The molecule has 7 heteroatoms. The molecule has 0 aliphatic rings. The molecular formula is C12H8F4N2O. The topological polar surface area (TPSA) is 34.2 Å². The van der Waals surface area contributed by atoms with E-state index in [-0.39, 0.29) is 11.6 Å². The molecular weight excluding hydrogens is 264 g/mol. The molecule has 0 atom stereocenters. The molecule has 1 aromatic heterocycles. The van der Waals surface area contributed by atoms with Crippen LogP contribution in [0.25, 0.3) is 0 Å². The molecule has 3 nitrogen and oxygen atoms in total. The summed E-state index contributed by atoms with van der Waals surface area (Å²) in [7, 11) is 1.39. The average Bonchev–Trinajstić information content (AvgIpc) is 2.37. The van der Waals surface area contributed by atoms with Gasteiger partial charge in [0.05, 0.1) is 0 Å². The molecule has 1 heterocycles. The summed E-state index contributed by atoms with van der Waals surface area (Å²) < 4.78 is 57.2. The Balaban J connectivity index is 2.34. The van der Waals surface area contributed by atoms with Crippen LogP contribution >= 0.6 is 0 Å². The number of ether oxygens (including phenoxy) is 1. The van der Waals surface area contributed by atoms with Crippen LogP contribution in [0.2, 0.25) is 0 Å². The van der Waals surface area contributed by atoms with Gasteiger partial charge in [-0.3, -0.25) is 0 Å². The normalized spacial score (nSPS) is 10.4. The van der Waals surface area contributed by atoms with Gasteiger partial charge in [-0.25, -0.2) is 17.6 Å². The summed E-state index contributed by atoms with van der Waals surface area (Å²) in [5.41, 5.74) is 0. The molecule has 0 saturated heterocycles. The largest absolute Gasteiger partial charge is 0.436 e. The summed E-state index contributed by atoms with van der Waals surface area (Å²) in [5, 5.41) is 2.40. The van der Waals surface area contributed by atoms with Crippen LogP contribution in [0.5, 0.6) is 11.6 Å². The molecule has 0 bridgehead atoms. The van der Waals surface area contributed by atoms with Crippen LogP contribution in [-0.4, -0.2) is 12.0 Å². The molecule has 0 fully saturated rings. The van der Waals surface area contributed by atoms with Crippen LogP contribution < -0.4 is 10.1 Å². The lowest BCUT2D eigenvalue weighted by atomic mass is 10.3. The summed E-state index contributed by atoms with van der Waals surface area (Å²) in [6.45, 7) is 0. The van der Waals surface area contributed by atoms with Gasteiger partial charge in [0, 0.05) is 19.2 Å². The van der Waals surface area contributed by atoms with Crippen LogP contribution in [0.1, 0.15) is 0 Å². The lowest BCUT2D eigenvalue weighted by Crippen LogP contribution is -2.01. The maximum Gasteiger partial charge on any atom is 0.258 e. The van der Waals surface area contributed by atoms with Gasteiger partial charge >= 0.3 is 0 Å². The third-order valence-corrected chi connectivity index (χ3v) is 2.24. The van der Waals surface area contributed by atoms with Crippen molar-refractivity contribution in [1.82, 2.24) is 4.98 Å². The third-order valence-electron chi connectivity index (χ3n) is 2.24. The molecule has 1 N–H and O–H groups in total. The van der Waals surface area contributed by atoms with Gasteiger partial charge in [-0.15, -0.1) is 0 Å². The summed E-state index contributed by atoms with van der Waals surface area (Å²) in [6.07, 6.45) is 0. The molecule has 19 heavy (non-hydrogen) atoms. The number of hydrogen-bond donors (Lipinski definition) is 1. The molecule has 2 rings (SSSR count). The summed E-state index contributed by atoms with van der Waals surface area (Å²) in [6, 6.07) is 3.24. The molecule has 0 saturated carbocycles. The zero-order valence-electron chi connectivity index (χ0n) is 9.68. The molecule has 0 spiro atoms. The van der Waals surface area contributed by atoms with Crippen molar-refractivity contribution in [2.24, 2.45) is 0 Å². The van der Waals surface area contributed by atoms with Gasteiger partial charge < -0.3 is 10.1 Å². The number of rotatable bonds is 3. The van der Waals surface area contributed by atoms with Gasteiger partial charge in [0.15, 0.2) is 29.1 Å². The maximum absolute atomic E-state index is 13.4. The first-order valence-electron chi connectivity index (χ1n) is 5.18. The van der Waals surface area contributed by atoms with E-state index in [1.54, 1.807) is 0 Å². The van der Waals surface area contributed by atoms with Gasteiger partial charge in [-0.2, -0.15) is 4.98 Å². The van der Waals surface area contributed by atoms with Crippen molar-refractivity contribution in [2.45, 2.75) is 0 Å². The Kier molecular flexibility index (Phi) is 3.55. The van der Waals surface area contributed by atoms with Crippen LogP contribution in [0.3, 0.4) is 0 Å². The monoisotopic (exact) mass is 272 g/mol. The molecule has 2 aromatic rings. The second-order valence-electron chi connectivity index (χ2n) is 3.53. The van der Waals surface area contributed by atoms with E-state index in [4.69, 9.17) is 4.74 Å². The lowest BCUT2D eigenvalue weighted by molar-refractivity contribution is 0.411. The maximum atomic E-state index is 13.4. The van der Waals surface area contributed by atoms with E-state index >= 15 is 0 Å². The van der Waals surface area contributed by atoms with E-state index in [9.17, 15) is 17.6 Å². The molecule has 0 aliphatic carbocycles. The number of pyridine rings is 1. The van der Waals surface area contributed by atoms with E-state index in [1.165, 1.54) is 7.05 Å². The molecule has 0 radical (unpaired) electrons. The third kappa shape index (κ3) is 2.75. The molecule has 0 unspecified atom stereocenters. The van der Waals surface area contributed by atoms with Crippen molar-refractivity contribution in [3.8, 4) is 11.6 Å². The highest BCUT2D eigenvalue weighted by Gasteiger charge is 2.14. The minimum Gasteiger partial charge on any atom is -0.436 e. The number of anilines is 1. The second kappa shape index (κ2) is 5.13. The first-order valence-corrected chi connectivity index (χ1v) is 5.18. The summed E-state index contributed by atoms with van der Waals surface area (Å²) in [4.78, 5) is 3.54. The predicted octanol–water partition coefficient (Wildman–Crippen LogP) is 3.47. The highest BCUT2D eigenvalue weighted by molar-refractivity contribution is 5.40. The van der Waals surface area contributed by atoms with Gasteiger partial charge in [0.1, 0.15) is 5.75 Å². The Hall–Kier alpha value is -2.31. The fraction of sp³-hybridized carbons (Fsp3) is 0.0833. The average molecular weight is 272 g/mol. The fourth-order valence-corrected chi connectivity index (χ4v) is 1.35. The Bertz CT molecular complexity index is 619. The zero-order valence-corrected chi connectivity index (χ0v) is 9.68. The molecule has 100 valence electrons. The Labute approximate surface area is 105 Å². The van der Waals surface area contributed by atoms with Gasteiger partial charge in [0.2, 0.25) is 0 Å². The van der Waals surface area contributed by atoms with Crippen molar-refractivity contribution >= 4 is 5.82 Å². The van der Waals surface area contributed by atoms with Crippen molar-refractivity contribution in [3.05, 3.63) is 47.5 Å². The van der Waals surface area contributed by atoms with Crippen LogP contribution in [0.4, 0.5) is 23.4 Å². The van der Waals surface area contributed by atoms with Crippen LogP contribution in [0.15, 0.2) is 24.3 Å². The smallest absolute Gasteiger partial charge is 0.258 e. The number of nitrogens with one attached hydrogen (secondary N) is 1. The van der Waals surface area contributed by atoms with E-state index in [0.717, 1.165) is 18.2 Å². The number of aromatic nitrogens is 1. The standard InChI is InChI=1S/C12H8F4N2O/c1-17-11-9(15)5-10(16)12(18-11)19-6-2-3-7(13)8(14)4-6/h2-5H,1H3,(H,17,18). The Morgan fingerprint density at radius 3 is 2.32 bits per heavy atom. The summed E-state index contributed by atoms with van der Waals surface area (Å²) in [5.74, 6) is -5.07. The van der Waals surface area contributed by atoms with Gasteiger partial charge in [-0.05, 0) is 12.1 Å². The first kappa shape index (κ1) is 13.1. The summed E-state index contributed by atoms with van der Waals surface area (Å²) >= 11 is 0. The van der Waals surface area contributed by atoms with E-state index in [0.29, 0.717) is 6.07 Å². The van der Waals surface area contributed by atoms with Crippen LogP contribution in [-0.2, 0) is 0 Å². The van der Waals surface area contributed by atoms with Crippen molar-refractivity contribution in [2.75, 3.05) is 12.4 Å². The highest BCUT2D eigenvalue weighted by atomic mass is 19.2. The zero-order chi connectivity index (χ0) is 14.0. The SMILES string of the molecule is CNc1nc(Oc2ccc(F)c(F)c2)c(F)cc1F. The highest BCUT2D eigenvalue weighted by Crippen LogP contribution is 2.26. The predicted molar refractivity (Wildman–Crippen MR) is 60.1 cm³/mol.